The molecule has 0 saturated carbocycles. The molecule has 3 aromatic rings. The van der Waals surface area contributed by atoms with Crippen LogP contribution in [0.1, 0.15) is 16.7 Å². The van der Waals surface area contributed by atoms with E-state index in [9.17, 15) is 4.79 Å². The summed E-state index contributed by atoms with van der Waals surface area (Å²) in [5, 5.41) is 7.41. The van der Waals surface area contributed by atoms with Crippen LogP contribution >= 0.6 is 35.6 Å². The molecule has 1 aromatic heterocycles. The van der Waals surface area contributed by atoms with Crippen LogP contribution in [0.2, 0.25) is 5.02 Å². The Hall–Kier alpha value is -2.32. The second kappa shape index (κ2) is 12.4. The van der Waals surface area contributed by atoms with Gasteiger partial charge in [0, 0.05) is 37.4 Å². The molecule has 158 valence electrons. The number of benzene rings is 2. The van der Waals surface area contributed by atoms with Crippen molar-refractivity contribution in [3.05, 3.63) is 105 Å². The van der Waals surface area contributed by atoms with Gasteiger partial charge in [0.05, 0.1) is 6.54 Å². The van der Waals surface area contributed by atoms with E-state index in [1.165, 1.54) is 0 Å². The van der Waals surface area contributed by atoms with E-state index in [1.807, 2.05) is 42.5 Å². The monoisotopic (exact) mass is 536 g/mol. The number of pyridine rings is 1. The zero-order valence-corrected chi connectivity index (χ0v) is 19.9. The molecule has 0 fully saturated rings. The van der Waals surface area contributed by atoms with Crippen molar-refractivity contribution < 1.29 is 0 Å². The molecule has 2 N–H and O–H groups in total. The number of nitrogens with one attached hydrogen (secondary N) is 2. The highest BCUT2D eigenvalue weighted by atomic mass is 127. The summed E-state index contributed by atoms with van der Waals surface area (Å²) in [6, 6.07) is 21.3. The standard InChI is InChI=1S/C23H25ClN4O.HI/c1-25-23(26-14-13-20-6-2-3-7-21(20)24)27-16-18-9-11-19(12-10-18)17-28-15-5-4-8-22(28)29;/h2-12,15H,13-14,16-17H2,1H3,(H2,25,26,27);1H. The van der Waals surface area contributed by atoms with Crippen LogP contribution in [0.25, 0.3) is 0 Å². The lowest BCUT2D eigenvalue weighted by Crippen LogP contribution is -2.37. The van der Waals surface area contributed by atoms with Crippen molar-refractivity contribution in [2.45, 2.75) is 19.5 Å². The van der Waals surface area contributed by atoms with Gasteiger partial charge in [-0.25, -0.2) is 0 Å². The summed E-state index contributed by atoms with van der Waals surface area (Å²) in [4.78, 5) is 16.1. The summed E-state index contributed by atoms with van der Waals surface area (Å²) >= 11 is 6.19. The van der Waals surface area contributed by atoms with Crippen LogP contribution in [-0.2, 0) is 19.5 Å². The Labute approximate surface area is 199 Å². The quantitative estimate of drug-likeness (QED) is 0.272. The van der Waals surface area contributed by atoms with Crippen LogP contribution in [0.15, 0.2) is 82.7 Å². The van der Waals surface area contributed by atoms with Crippen molar-refractivity contribution in [2.24, 2.45) is 4.99 Å². The fraction of sp³-hybridized carbons (Fsp3) is 0.217. The number of rotatable bonds is 7. The summed E-state index contributed by atoms with van der Waals surface area (Å²) in [7, 11) is 1.76. The molecule has 0 bridgehead atoms. The number of aromatic nitrogens is 1. The normalized spacial score (nSPS) is 10.9. The minimum atomic E-state index is 0. The van der Waals surface area contributed by atoms with E-state index in [2.05, 4.69) is 27.8 Å². The lowest BCUT2D eigenvalue weighted by molar-refractivity contribution is 0.758. The molecule has 0 aliphatic heterocycles. The predicted octanol–water partition coefficient (Wildman–Crippen LogP) is 4.08. The number of guanidine groups is 1. The summed E-state index contributed by atoms with van der Waals surface area (Å²) in [6.07, 6.45) is 2.63. The Bertz CT molecular complexity index is 1020. The molecule has 0 atom stereocenters. The summed E-state index contributed by atoms with van der Waals surface area (Å²) < 4.78 is 1.69. The molecule has 5 nitrogen and oxygen atoms in total. The fourth-order valence-corrected chi connectivity index (χ4v) is 3.20. The maximum absolute atomic E-state index is 11.8. The van der Waals surface area contributed by atoms with Gasteiger partial charge in [0.2, 0.25) is 0 Å². The fourth-order valence-electron chi connectivity index (χ4n) is 2.97. The average Bonchev–Trinajstić information content (AvgIpc) is 2.74. The van der Waals surface area contributed by atoms with Gasteiger partial charge < -0.3 is 15.2 Å². The van der Waals surface area contributed by atoms with Crippen LogP contribution < -0.4 is 16.2 Å². The number of halogens is 2. The van der Waals surface area contributed by atoms with Gasteiger partial charge in [-0.05, 0) is 35.2 Å². The first-order chi connectivity index (χ1) is 14.2. The van der Waals surface area contributed by atoms with Gasteiger partial charge in [0.15, 0.2) is 5.96 Å². The van der Waals surface area contributed by atoms with Crippen molar-refractivity contribution in [3.8, 4) is 0 Å². The molecule has 0 amide bonds. The minimum absolute atomic E-state index is 0. The summed E-state index contributed by atoms with van der Waals surface area (Å²) in [5.74, 6) is 0.747. The third-order valence-electron chi connectivity index (χ3n) is 4.60. The Morgan fingerprint density at radius 1 is 0.967 bits per heavy atom. The number of nitrogens with zero attached hydrogens (tertiary/aromatic N) is 2. The van der Waals surface area contributed by atoms with Crippen LogP contribution in [-0.4, -0.2) is 24.1 Å². The SMILES string of the molecule is CN=C(NCCc1ccccc1Cl)NCc1ccc(Cn2ccccc2=O)cc1.I. The molecule has 1 heterocycles. The van der Waals surface area contributed by atoms with Gasteiger partial charge in [0.25, 0.3) is 5.56 Å². The van der Waals surface area contributed by atoms with E-state index in [1.54, 1.807) is 29.9 Å². The maximum atomic E-state index is 11.8. The Kier molecular flexibility index (Phi) is 9.89. The molecule has 30 heavy (non-hydrogen) atoms. The van der Waals surface area contributed by atoms with Gasteiger partial charge >= 0.3 is 0 Å². The average molecular weight is 537 g/mol. The van der Waals surface area contributed by atoms with E-state index in [0.717, 1.165) is 40.6 Å². The van der Waals surface area contributed by atoms with Gasteiger partial charge in [-0.2, -0.15) is 0 Å². The smallest absolute Gasteiger partial charge is 0.250 e. The van der Waals surface area contributed by atoms with Crippen molar-refractivity contribution in [3.63, 3.8) is 0 Å². The van der Waals surface area contributed by atoms with E-state index >= 15 is 0 Å². The molecule has 0 saturated heterocycles. The van der Waals surface area contributed by atoms with Crippen LogP contribution in [0.5, 0.6) is 0 Å². The molecule has 7 heteroatoms. The maximum Gasteiger partial charge on any atom is 0.250 e. The summed E-state index contributed by atoms with van der Waals surface area (Å²) in [6.45, 7) is 1.98. The molecule has 3 rings (SSSR count). The second-order valence-electron chi connectivity index (χ2n) is 6.68. The van der Waals surface area contributed by atoms with Crippen molar-refractivity contribution >= 4 is 41.5 Å². The van der Waals surface area contributed by atoms with Gasteiger partial charge in [0.1, 0.15) is 0 Å². The van der Waals surface area contributed by atoms with Gasteiger partial charge in [-0.3, -0.25) is 9.79 Å². The van der Waals surface area contributed by atoms with Gasteiger partial charge in [-0.15, -0.1) is 24.0 Å². The first-order valence-electron chi connectivity index (χ1n) is 9.57. The Balaban J connectivity index is 0.00000320. The number of hydrogen-bond donors (Lipinski definition) is 2. The van der Waals surface area contributed by atoms with Crippen LogP contribution in [0.3, 0.4) is 0 Å². The van der Waals surface area contributed by atoms with Crippen LogP contribution in [0.4, 0.5) is 0 Å². The zero-order valence-electron chi connectivity index (χ0n) is 16.8. The Morgan fingerprint density at radius 2 is 1.67 bits per heavy atom. The topological polar surface area (TPSA) is 58.4 Å². The number of hydrogen-bond acceptors (Lipinski definition) is 2. The zero-order chi connectivity index (χ0) is 20.5. The van der Waals surface area contributed by atoms with E-state index in [4.69, 9.17) is 11.6 Å². The predicted molar refractivity (Wildman–Crippen MR) is 135 cm³/mol. The second-order valence-corrected chi connectivity index (χ2v) is 7.08. The third kappa shape index (κ3) is 7.18. The molecule has 0 unspecified atom stereocenters. The van der Waals surface area contributed by atoms with E-state index in [0.29, 0.717) is 13.1 Å². The largest absolute Gasteiger partial charge is 0.356 e. The highest BCUT2D eigenvalue weighted by Gasteiger charge is 2.02. The number of aliphatic imine (C=N–C) groups is 1. The van der Waals surface area contributed by atoms with E-state index < -0.39 is 0 Å². The Morgan fingerprint density at radius 3 is 2.37 bits per heavy atom. The molecule has 0 radical (unpaired) electrons. The molecule has 0 aliphatic carbocycles. The highest BCUT2D eigenvalue weighted by Crippen LogP contribution is 2.14. The molecule has 0 spiro atoms. The lowest BCUT2D eigenvalue weighted by Gasteiger charge is -2.13. The first kappa shape index (κ1) is 24.0. The summed E-state index contributed by atoms with van der Waals surface area (Å²) in [5.41, 5.74) is 3.35. The van der Waals surface area contributed by atoms with Crippen molar-refractivity contribution in [1.29, 1.82) is 0 Å². The van der Waals surface area contributed by atoms with E-state index in [-0.39, 0.29) is 29.5 Å². The van der Waals surface area contributed by atoms with Gasteiger partial charge in [-0.1, -0.05) is 60.1 Å². The van der Waals surface area contributed by atoms with Crippen molar-refractivity contribution in [1.82, 2.24) is 15.2 Å². The molecular formula is C23H26ClIN4O. The molecular weight excluding hydrogens is 511 g/mol. The highest BCUT2D eigenvalue weighted by molar-refractivity contribution is 14.0. The third-order valence-corrected chi connectivity index (χ3v) is 4.97. The van der Waals surface area contributed by atoms with Crippen LogP contribution in [0, 0.1) is 0 Å². The minimum Gasteiger partial charge on any atom is -0.356 e. The van der Waals surface area contributed by atoms with Crippen molar-refractivity contribution in [2.75, 3.05) is 13.6 Å². The molecule has 0 aliphatic rings. The molecule has 2 aromatic carbocycles. The lowest BCUT2D eigenvalue weighted by atomic mass is 10.1. The first-order valence-corrected chi connectivity index (χ1v) is 9.95.